The van der Waals surface area contributed by atoms with Crippen molar-refractivity contribution >= 4 is 51.3 Å². The molecule has 5 aromatic rings. The van der Waals surface area contributed by atoms with E-state index in [4.69, 9.17) is 4.74 Å². The first-order valence-electron chi connectivity index (χ1n) is 21.1. The molecule has 2 N–H and O–H groups in total. The van der Waals surface area contributed by atoms with Crippen molar-refractivity contribution < 1.29 is 19.1 Å². The van der Waals surface area contributed by atoms with Crippen LogP contribution in [0.2, 0.25) is 0 Å². The number of carbonyl (C=O) groups is 3. The standard InChI is InChI=1S/C45H51N11O4/c1-44(2)41(45(3,4)42(44)60-35-9-7-29(26-46)38-32(35)6-5-18-47-38)50-40(58)33-8-10-36(52-51-33)54-22-12-28(13-23-54)27-53-20-14-30(15-21-53)55-24-16-31-34(55)11-19-48-39(31)56-25-17-37(57)49-43(56)59/h5-11,16,18-19,24,28,30,41-42H,12-15,17,20-23,25,27H2,1-4H3,(H,50,58)(H,49,57,59)/t41-,42-. The van der Waals surface area contributed by atoms with Crippen molar-refractivity contribution in [1.29, 1.82) is 5.26 Å². The number of aromatic nitrogens is 5. The van der Waals surface area contributed by atoms with E-state index < -0.39 is 16.9 Å². The first kappa shape index (κ1) is 39.3. The quantitative estimate of drug-likeness (QED) is 0.183. The van der Waals surface area contributed by atoms with Gasteiger partial charge in [-0.2, -0.15) is 5.26 Å². The molecule has 0 unspecified atom stereocenters. The third-order valence-corrected chi connectivity index (χ3v) is 13.4. The molecule has 4 aromatic heterocycles. The number of pyridine rings is 2. The van der Waals surface area contributed by atoms with Crippen molar-refractivity contribution in [3.63, 3.8) is 0 Å². The Labute approximate surface area is 349 Å². The lowest BCUT2D eigenvalue weighted by atomic mass is 9.49. The molecule has 9 rings (SSSR count). The molecular formula is C45H51N11O4. The largest absolute Gasteiger partial charge is 0.488 e. The van der Waals surface area contributed by atoms with Gasteiger partial charge in [0.2, 0.25) is 5.91 Å². The van der Waals surface area contributed by atoms with Gasteiger partial charge in [0.1, 0.15) is 23.7 Å². The summed E-state index contributed by atoms with van der Waals surface area (Å²) in [6, 6.07) is 17.1. The highest BCUT2D eigenvalue weighted by Gasteiger charge is 2.64. The van der Waals surface area contributed by atoms with E-state index in [2.05, 4.69) is 85.1 Å². The van der Waals surface area contributed by atoms with Gasteiger partial charge in [0, 0.05) is 98.0 Å². The smallest absolute Gasteiger partial charge is 0.329 e. The van der Waals surface area contributed by atoms with Crippen LogP contribution in [0.3, 0.4) is 0 Å². The Bertz CT molecular complexity index is 2480. The molecule has 7 heterocycles. The van der Waals surface area contributed by atoms with Crippen LogP contribution in [0.15, 0.2) is 67.1 Å². The number of nitriles is 1. The molecule has 4 aliphatic rings. The van der Waals surface area contributed by atoms with Gasteiger partial charge in [0.25, 0.3) is 5.91 Å². The molecule has 1 aliphatic carbocycles. The highest BCUT2D eigenvalue weighted by molar-refractivity contribution is 6.08. The molecular weight excluding hydrogens is 759 g/mol. The van der Waals surface area contributed by atoms with Crippen LogP contribution in [0.4, 0.5) is 16.4 Å². The molecule has 4 amide bonds. The molecule has 15 nitrogen and oxygen atoms in total. The zero-order valence-electron chi connectivity index (χ0n) is 34.6. The van der Waals surface area contributed by atoms with E-state index >= 15 is 0 Å². The summed E-state index contributed by atoms with van der Waals surface area (Å²) in [4.78, 5) is 53.2. The SMILES string of the molecule is CC1(C)[C@H](NC(=O)c2ccc(N3CCC(CN4CCC(n5ccc6c(N7CCC(=O)NC7=O)nccc65)CC4)CC3)nn2)C(C)(C)[C@H]1Oc1ccc(C#N)c2ncccc12. The Balaban J connectivity index is 0.751. The summed E-state index contributed by atoms with van der Waals surface area (Å²) >= 11 is 0. The summed E-state index contributed by atoms with van der Waals surface area (Å²) in [6.07, 6.45) is 9.84. The Kier molecular flexibility index (Phi) is 10.1. The number of fused-ring (bicyclic) bond motifs is 2. The molecule has 4 fully saturated rings. The van der Waals surface area contributed by atoms with Crippen LogP contribution < -0.4 is 25.2 Å². The second kappa shape index (κ2) is 15.5. The van der Waals surface area contributed by atoms with Crippen molar-refractivity contribution in [2.24, 2.45) is 16.7 Å². The van der Waals surface area contributed by atoms with Gasteiger partial charge < -0.3 is 24.4 Å². The van der Waals surface area contributed by atoms with Crippen LogP contribution in [-0.2, 0) is 4.79 Å². The second-order valence-electron chi connectivity index (χ2n) is 18.0. The van der Waals surface area contributed by atoms with Gasteiger partial charge in [0.15, 0.2) is 11.5 Å². The van der Waals surface area contributed by atoms with Crippen LogP contribution >= 0.6 is 0 Å². The lowest BCUT2D eigenvalue weighted by Crippen LogP contribution is -2.74. The van der Waals surface area contributed by atoms with E-state index in [-0.39, 0.29) is 36.1 Å². The summed E-state index contributed by atoms with van der Waals surface area (Å²) in [5.41, 5.74) is 1.68. The molecule has 15 heteroatoms. The Hall–Kier alpha value is -6.14. The van der Waals surface area contributed by atoms with Gasteiger partial charge in [-0.25, -0.2) is 9.78 Å². The average molecular weight is 810 g/mol. The molecule has 60 heavy (non-hydrogen) atoms. The lowest BCUT2D eigenvalue weighted by molar-refractivity contribution is -0.163. The second-order valence-corrected chi connectivity index (χ2v) is 18.0. The number of likely N-dealkylation sites (tertiary alicyclic amines) is 1. The lowest BCUT2D eigenvalue weighted by Gasteiger charge is -2.63. The van der Waals surface area contributed by atoms with Crippen LogP contribution in [0, 0.1) is 28.1 Å². The summed E-state index contributed by atoms with van der Waals surface area (Å²) in [5, 5.41) is 25.8. The van der Waals surface area contributed by atoms with E-state index in [1.54, 1.807) is 29.4 Å². The van der Waals surface area contributed by atoms with Crippen molar-refractivity contribution in [1.82, 2.24) is 40.3 Å². The minimum absolute atomic E-state index is 0.179. The zero-order valence-corrected chi connectivity index (χ0v) is 34.6. The molecule has 0 atom stereocenters. The molecule has 0 spiro atoms. The zero-order chi connectivity index (χ0) is 41.8. The first-order valence-corrected chi connectivity index (χ1v) is 21.1. The van der Waals surface area contributed by atoms with Gasteiger partial charge in [-0.15, -0.1) is 10.2 Å². The van der Waals surface area contributed by atoms with Gasteiger partial charge >= 0.3 is 6.03 Å². The fraction of sp³-hybridized carbons (Fsp3) is 0.467. The predicted molar refractivity (Wildman–Crippen MR) is 227 cm³/mol. The fourth-order valence-electron chi connectivity index (χ4n) is 10.5. The highest BCUT2D eigenvalue weighted by atomic mass is 16.5. The van der Waals surface area contributed by atoms with Crippen LogP contribution in [0.1, 0.15) is 81.9 Å². The third kappa shape index (κ3) is 7.06. The van der Waals surface area contributed by atoms with Crippen LogP contribution in [-0.4, -0.2) is 98.9 Å². The minimum Gasteiger partial charge on any atom is -0.488 e. The Morgan fingerprint density at radius 1 is 0.900 bits per heavy atom. The van der Waals surface area contributed by atoms with Crippen LogP contribution in [0.5, 0.6) is 5.75 Å². The number of rotatable bonds is 9. The summed E-state index contributed by atoms with van der Waals surface area (Å²) in [5.74, 6) is 2.15. The van der Waals surface area contributed by atoms with Gasteiger partial charge in [-0.05, 0) is 80.1 Å². The molecule has 1 saturated carbocycles. The normalized spacial score (nSPS) is 22.3. The van der Waals surface area contributed by atoms with E-state index in [0.717, 1.165) is 80.5 Å². The Morgan fingerprint density at radius 2 is 1.68 bits per heavy atom. The number of benzene rings is 1. The van der Waals surface area contributed by atoms with Gasteiger partial charge in [0.05, 0.1) is 16.6 Å². The number of hydrogen-bond donors (Lipinski definition) is 2. The number of hydrogen-bond acceptors (Lipinski definition) is 11. The monoisotopic (exact) mass is 809 g/mol. The molecule has 0 radical (unpaired) electrons. The number of nitrogens with zero attached hydrogens (tertiary/aromatic N) is 9. The van der Waals surface area contributed by atoms with Crippen LogP contribution in [0.25, 0.3) is 21.8 Å². The predicted octanol–water partition coefficient (Wildman–Crippen LogP) is 5.86. The fourth-order valence-corrected chi connectivity index (χ4v) is 10.5. The minimum atomic E-state index is -0.418. The number of nitrogens with one attached hydrogen (secondary N) is 2. The van der Waals surface area contributed by atoms with E-state index in [1.165, 1.54) is 0 Å². The summed E-state index contributed by atoms with van der Waals surface area (Å²) in [6.45, 7) is 13.7. The summed E-state index contributed by atoms with van der Waals surface area (Å²) in [7, 11) is 0. The average Bonchev–Trinajstić information content (AvgIpc) is 3.70. The van der Waals surface area contributed by atoms with E-state index in [9.17, 15) is 19.6 Å². The molecule has 310 valence electrons. The number of carbonyl (C=O) groups excluding carboxylic acids is 3. The van der Waals surface area contributed by atoms with E-state index in [0.29, 0.717) is 41.2 Å². The van der Waals surface area contributed by atoms with Gasteiger partial charge in [-0.3, -0.25) is 24.8 Å². The molecule has 1 aromatic carbocycles. The maximum atomic E-state index is 13.6. The topological polar surface area (TPSA) is 174 Å². The highest BCUT2D eigenvalue weighted by Crippen LogP contribution is 2.56. The number of amides is 4. The Morgan fingerprint density at radius 3 is 2.40 bits per heavy atom. The number of urea groups is 1. The first-order chi connectivity index (χ1) is 28.9. The number of anilines is 2. The number of ether oxygens (including phenoxy) is 1. The molecule has 0 bridgehead atoms. The van der Waals surface area contributed by atoms with Crippen molar-refractivity contribution in [2.75, 3.05) is 49.1 Å². The maximum absolute atomic E-state index is 13.6. The van der Waals surface area contributed by atoms with Crippen molar-refractivity contribution in [3.05, 3.63) is 78.4 Å². The van der Waals surface area contributed by atoms with Crippen molar-refractivity contribution in [3.8, 4) is 11.8 Å². The molecule has 3 saturated heterocycles. The molecule has 3 aliphatic heterocycles. The number of imide groups is 1. The summed E-state index contributed by atoms with van der Waals surface area (Å²) < 4.78 is 8.97. The number of piperidine rings is 2. The van der Waals surface area contributed by atoms with Gasteiger partial charge in [-0.1, -0.05) is 27.7 Å². The maximum Gasteiger partial charge on any atom is 0.329 e. The third-order valence-electron chi connectivity index (χ3n) is 13.4. The van der Waals surface area contributed by atoms with Crippen molar-refractivity contribution in [2.45, 2.75) is 78.0 Å². The van der Waals surface area contributed by atoms with E-state index in [1.807, 2.05) is 36.4 Å².